The molecule has 29 heavy (non-hydrogen) atoms. The van der Waals surface area contributed by atoms with Crippen molar-refractivity contribution < 1.29 is 14.3 Å². The van der Waals surface area contributed by atoms with Crippen LogP contribution in [-0.2, 0) is 16.0 Å². The zero-order valence-electron chi connectivity index (χ0n) is 16.5. The van der Waals surface area contributed by atoms with Gasteiger partial charge in [-0.2, -0.15) is 0 Å². The molecule has 0 heterocycles. The lowest BCUT2D eigenvalue weighted by molar-refractivity contribution is -0.136. The van der Waals surface area contributed by atoms with Crippen molar-refractivity contribution in [1.29, 1.82) is 0 Å². The van der Waals surface area contributed by atoms with Gasteiger partial charge in [-0.1, -0.05) is 30.3 Å². The van der Waals surface area contributed by atoms with Crippen LogP contribution in [0.25, 0.3) is 0 Å². The maximum Gasteiger partial charge on any atom is 0.261 e. The van der Waals surface area contributed by atoms with Crippen molar-refractivity contribution in [3.05, 3.63) is 59.7 Å². The molecule has 2 aromatic rings. The van der Waals surface area contributed by atoms with Crippen LogP contribution in [0.3, 0.4) is 0 Å². The first-order valence-electron chi connectivity index (χ1n) is 10.6. The molecule has 0 bridgehead atoms. The van der Waals surface area contributed by atoms with Crippen LogP contribution < -0.4 is 10.1 Å². The monoisotopic (exact) mass is 390 g/mol. The fourth-order valence-electron chi connectivity index (χ4n) is 4.28. The number of nitrogens with one attached hydrogen (secondary N) is 1. The molecule has 3 aliphatic rings. The van der Waals surface area contributed by atoms with Gasteiger partial charge in [0.05, 0.1) is 6.04 Å². The number of hydrogen-bond donors (Lipinski definition) is 1. The summed E-state index contributed by atoms with van der Waals surface area (Å²) < 4.78 is 5.83. The van der Waals surface area contributed by atoms with E-state index in [1.54, 1.807) is 6.07 Å². The number of aryl methyl sites for hydroxylation is 1. The smallest absolute Gasteiger partial charge is 0.261 e. The minimum atomic E-state index is 0.0230. The van der Waals surface area contributed by atoms with Crippen molar-refractivity contribution >= 4 is 17.5 Å². The number of carbonyl (C=O) groups excluding carboxylic acids is 2. The predicted molar refractivity (Wildman–Crippen MR) is 111 cm³/mol. The third-order valence-corrected chi connectivity index (χ3v) is 6.08. The minimum absolute atomic E-state index is 0.0230. The Bertz CT molecular complexity index is 933. The number of carbonyl (C=O) groups is 2. The third-order valence-electron chi connectivity index (χ3n) is 6.08. The van der Waals surface area contributed by atoms with Crippen molar-refractivity contribution in [3.63, 3.8) is 0 Å². The van der Waals surface area contributed by atoms with Crippen LogP contribution >= 0.6 is 0 Å². The lowest BCUT2D eigenvalue weighted by atomic mass is 10.1. The Balaban J connectivity index is 1.24. The molecular formula is C24H26N2O3. The second-order valence-corrected chi connectivity index (χ2v) is 8.37. The Morgan fingerprint density at radius 2 is 1.83 bits per heavy atom. The fourth-order valence-corrected chi connectivity index (χ4v) is 4.28. The Morgan fingerprint density at radius 3 is 2.62 bits per heavy atom. The van der Waals surface area contributed by atoms with Gasteiger partial charge in [0.2, 0.25) is 5.91 Å². The van der Waals surface area contributed by atoms with Gasteiger partial charge in [0.15, 0.2) is 6.61 Å². The number of rotatable bonds is 7. The highest BCUT2D eigenvalue weighted by atomic mass is 16.5. The zero-order valence-corrected chi connectivity index (χ0v) is 16.5. The molecule has 5 heteroatoms. The molecular weight excluding hydrogens is 364 g/mol. The molecule has 3 aliphatic carbocycles. The molecule has 150 valence electrons. The number of nitrogens with zero attached hydrogens (tertiary/aromatic N) is 1. The molecule has 0 saturated heterocycles. The van der Waals surface area contributed by atoms with Gasteiger partial charge in [-0.25, -0.2) is 0 Å². The van der Waals surface area contributed by atoms with E-state index in [1.165, 1.54) is 11.1 Å². The Hall–Kier alpha value is -2.82. The molecule has 1 unspecified atom stereocenters. The quantitative estimate of drug-likeness (QED) is 0.775. The SMILES string of the molecule is O=C(Nc1cccc(OCC(=O)N(C2CC2)C2CCc3ccccc32)c1)C1CC1. The molecule has 2 aromatic carbocycles. The number of hydrogen-bond acceptors (Lipinski definition) is 3. The summed E-state index contributed by atoms with van der Waals surface area (Å²) in [6, 6.07) is 16.3. The van der Waals surface area contributed by atoms with Gasteiger partial charge in [-0.3, -0.25) is 9.59 Å². The van der Waals surface area contributed by atoms with Crippen LogP contribution in [0.5, 0.6) is 5.75 Å². The average molecular weight is 390 g/mol. The van der Waals surface area contributed by atoms with Crippen molar-refractivity contribution in [1.82, 2.24) is 4.90 Å². The van der Waals surface area contributed by atoms with Crippen molar-refractivity contribution in [2.24, 2.45) is 5.92 Å². The minimum Gasteiger partial charge on any atom is -0.484 e. The largest absolute Gasteiger partial charge is 0.484 e. The van der Waals surface area contributed by atoms with E-state index in [0.29, 0.717) is 11.8 Å². The van der Waals surface area contributed by atoms with Gasteiger partial charge < -0.3 is 15.0 Å². The molecule has 2 saturated carbocycles. The summed E-state index contributed by atoms with van der Waals surface area (Å²) >= 11 is 0. The van der Waals surface area contributed by atoms with Crippen LogP contribution in [-0.4, -0.2) is 29.4 Å². The summed E-state index contributed by atoms with van der Waals surface area (Å²) in [5.74, 6) is 0.872. The van der Waals surface area contributed by atoms with E-state index >= 15 is 0 Å². The Kier molecular flexibility index (Phi) is 4.74. The van der Waals surface area contributed by atoms with Crippen molar-refractivity contribution in [3.8, 4) is 5.75 Å². The zero-order chi connectivity index (χ0) is 19.8. The third kappa shape index (κ3) is 4.00. The van der Waals surface area contributed by atoms with E-state index in [4.69, 9.17) is 4.74 Å². The van der Waals surface area contributed by atoms with E-state index in [0.717, 1.165) is 44.2 Å². The fraction of sp³-hybridized carbons (Fsp3) is 0.417. The molecule has 0 spiro atoms. The van der Waals surface area contributed by atoms with Crippen LogP contribution in [0.15, 0.2) is 48.5 Å². The van der Waals surface area contributed by atoms with Crippen LogP contribution in [0, 0.1) is 5.92 Å². The molecule has 2 fully saturated rings. The van der Waals surface area contributed by atoms with Crippen LogP contribution in [0.1, 0.15) is 49.3 Å². The Labute approximate surface area is 171 Å². The van der Waals surface area contributed by atoms with E-state index < -0.39 is 0 Å². The summed E-state index contributed by atoms with van der Waals surface area (Å²) in [6.07, 6.45) is 6.11. The standard InChI is InChI=1S/C24H26N2O3/c27-23(15-29-20-6-3-5-18(14-20)25-24(28)17-8-9-17)26(19-11-12-19)22-13-10-16-4-1-2-7-21(16)22/h1-7,14,17,19,22H,8-13,15H2,(H,25,28). The summed E-state index contributed by atoms with van der Waals surface area (Å²) in [5, 5.41) is 2.92. The Morgan fingerprint density at radius 1 is 1.00 bits per heavy atom. The van der Waals surface area contributed by atoms with E-state index in [9.17, 15) is 9.59 Å². The van der Waals surface area contributed by atoms with Gasteiger partial charge in [0, 0.05) is 23.7 Å². The topological polar surface area (TPSA) is 58.6 Å². The lowest BCUT2D eigenvalue weighted by Crippen LogP contribution is -2.39. The summed E-state index contributed by atoms with van der Waals surface area (Å²) in [4.78, 5) is 27.1. The highest BCUT2D eigenvalue weighted by Crippen LogP contribution is 2.41. The van der Waals surface area contributed by atoms with Crippen LogP contribution in [0.4, 0.5) is 5.69 Å². The predicted octanol–water partition coefficient (Wildman–Crippen LogP) is 4.09. The molecule has 5 rings (SSSR count). The van der Waals surface area contributed by atoms with Gasteiger partial charge in [-0.15, -0.1) is 0 Å². The van der Waals surface area contributed by atoms with Gasteiger partial charge in [0.25, 0.3) is 5.91 Å². The number of benzene rings is 2. The highest BCUT2D eigenvalue weighted by molar-refractivity contribution is 5.94. The first-order chi connectivity index (χ1) is 14.2. The van der Waals surface area contributed by atoms with Gasteiger partial charge in [0.1, 0.15) is 5.75 Å². The highest BCUT2D eigenvalue weighted by Gasteiger charge is 2.40. The molecule has 5 nitrogen and oxygen atoms in total. The first kappa shape index (κ1) is 18.2. The molecule has 0 radical (unpaired) electrons. The summed E-state index contributed by atoms with van der Waals surface area (Å²) in [6.45, 7) is 0.0230. The molecule has 1 atom stereocenters. The van der Waals surface area contributed by atoms with Crippen molar-refractivity contribution in [2.75, 3.05) is 11.9 Å². The second-order valence-electron chi connectivity index (χ2n) is 8.37. The van der Waals surface area contributed by atoms with E-state index in [-0.39, 0.29) is 30.4 Å². The number of amides is 2. The summed E-state index contributed by atoms with van der Waals surface area (Å²) in [5.41, 5.74) is 3.36. The molecule has 0 aliphatic heterocycles. The van der Waals surface area contributed by atoms with E-state index in [2.05, 4.69) is 34.5 Å². The number of fused-ring (bicyclic) bond motifs is 1. The summed E-state index contributed by atoms with van der Waals surface area (Å²) in [7, 11) is 0. The average Bonchev–Trinajstić information content (AvgIpc) is 3.65. The van der Waals surface area contributed by atoms with Gasteiger partial charge in [-0.05, 0) is 61.8 Å². The maximum absolute atomic E-state index is 13.1. The molecule has 1 N–H and O–H groups in total. The normalized spacial score (nSPS) is 20.1. The number of ether oxygens (including phenoxy) is 1. The first-order valence-corrected chi connectivity index (χ1v) is 10.6. The van der Waals surface area contributed by atoms with Crippen LogP contribution in [0.2, 0.25) is 0 Å². The number of anilines is 1. The molecule has 2 amide bonds. The lowest BCUT2D eigenvalue weighted by Gasteiger charge is -2.30. The molecule has 0 aromatic heterocycles. The van der Waals surface area contributed by atoms with E-state index in [1.807, 2.05) is 18.2 Å². The van der Waals surface area contributed by atoms with Crippen molar-refractivity contribution in [2.45, 2.75) is 50.6 Å². The second kappa shape index (κ2) is 7.54. The maximum atomic E-state index is 13.1. The van der Waals surface area contributed by atoms with Gasteiger partial charge >= 0.3 is 0 Å².